The summed E-state index contributed by atoms with van der Waals surface area (Å²) >= 11 is 6.38. The number of hydrogen-bond donors (Lipinski definition) is 0. The third kappa shape index (κ3) is 3.20. The molecule has 5 rings (SSSR count). The Morgan fingerprint density at radius 3 is 2.70 bits per heavy atom. The highest BCUT2D eigenvalue weighted by atomic mass is 35.5. The highest BCUT2D eigenvalue weighted by Crippen LogP contribution is 2.41. The van der Waals surface area contributed by atoms with Gasteiger partial charge in [0.15, 0.2) is 0 Å². The van der Waals surface area contributed by atoms with Crippen LogP contribution in [-0.2, 0) is 11.3 Å². The lowest BCUT2D eigenvalue weighted by Crippen LogP contribution is -2.39. The predicted octanol–water partition coefficient (Wildman–Crippen LogP) is 3.28. The van der Waals surface area contributed by atoms with Gasteiger partial charge in [0, 0.05) is 43.6 Å². The molecule has 2 fully saturated rings. The lowest BCUT2D eigenvalue weighted by molar-refractivity contribution is -0.137. The topological polar surface area (TPSA) is 65.5 Å². The van der Waals surface area contributed by atoms with E-state index in [-0.39, 0.29) is 17.9 Å². The number of pyridine rings is 1. The van der Waals surface area contributed by atoms with E-state index in [9.17, 15) is 4.79 Å². The number of nitrogens with zero attached hydrogens (tertiary/aromatic N) is 6. The predicted molar refractivity (Wildman–Crippen MR) is 117 cm³/mol. The van der Waals surface area contributed by atoms with E-state index in [2.05, 4.69) is 26.7 Å². The molecule has 0 spiro atoms. The highest BCUT2D eigenvalue weighted by molar-refractivity contribution is 6.33. The molecule has 158 valence electrons. The number of carbonyl (C=O) groups is 1. The van der Waals surface area contributed by atoms with Crippen LogP contribution in [0.3, 0.4) is 0 Å². The van der Waals surface area contributed by atoms with Crippen molar-refractivity contribution in [3.63, 3.8) is 0 Å². The maximum Gasteiger partial charge on any atom is 0.228 e. The number of amides is 1. The summed E-state index contributed by atoms with van der Waals surface area (Å²) in [4.78, 5) is 33.7. The van der Waals surface area contributed by atoms with Crippen molar-refractivity contribution in [1.82, 2.24) is 19.9 Å². The van der Waals surface area contributed by atoms with Crippen LogP contribution in [0, 0.1) is 19.8 Å². The van der Waals surface area contributed by atoms with Gasteiger partial charge in [-0.25, -0.2) is 9.97 Å². The summed E-state index contributed by atoms with van der Waals surface area (Å²) < 4.78 is 0. The van der Waals surface area contributed by atoms with Gasteiger partial charge in [-0.2, -0.15) is 0 Å². The molecular formula is C22H27ClN6O. The first-order valence-electron chi connectivity index (χ1n) is 10.7. The SMILES string of the molecule is Cc1cc(N2CC[C@@H](C(=O)N3Cc4nc(C)nc(N5CCC5)c4[C@H]3C)C2)c(Cl)cn1. The van der Waals surface area contributed by atoms with E-state index in [1.165, 1.54) is 6.42 Å². The molecule has 0 aliphatic carbocycles. The van der Waals surface area contributed by atoms with Gasteiger partial charge in [0.1, 0.15) is 11.6 Å². The van der Waals surface area contributed by atoms with Crippen molar-refractivity contribution in [2.75, 3.05) is 36.0 Å². The summed E-state index contributed by atoms with van der Waals surface area (Å²) in [5.74, 6) is 1.98. The van der Waals surface area contributed by atoms with Crippen LogP contribution in [0.15, 0.2) is 12.3 Å². The van der Waals surface area contributed by atoms with Crippen LogP contribution in [0.25, 0.3) is 0 Å². The minimum Gasteiger partial charge on any atom is -0.369 e. The number of hydrogen-bond acceptors (Lipinski definition) is 6. The first-order chi connectivity index (χ1) is 14.4. The third-order valence-electron chi connectivity index (χ3n) is 6.61. The van der Waals surface area contributed by atoms with Crippen LogP contribution in [0.5, 0.6) is 0 Å². The van der Waals surface area contributed by atoms with Crippen LogP contribution < -0.4 is 9.80 Å². The molecule has 0 unspecified atom stereocenters. The molecule has 2 atom stereocenters. The zero-order valence-corrected chi connectivity index (χ0v) is 18.5. The molecule has 0 aromatic carbocycles. The minimum atomic E-state index is -0.0344. The second-order valence-corrected chi connectivity index (χ2v) is 9.05. The summed E-state index contributed by atoms with van der Waals surface area (Å²) in [5, 5.41) is 0.639. The Morgan fingerprint density at radius 1 is 1.17 bits per heavy atom. The fraction of sp³-hybridized carbons (Fsp3) is 0.545. The van der Waals surface area contributed by atoms with Crippen molar-refractivity contribution in [2.45, 2.75) is 46.2 Å². The maximum atomic E-state index is 13.5. The third-order valence-corrected chi connectivity index (χ3v) is 6.90. The molecule has 2 saturated heterocycles. The van der Waals surface area contributed by atoms with Crippen molar-refractivity contribution < 1.29 is 4.79 Å². The number of rotatable bonds is 3. The van der Waals surface area contributed by atoms with Crippen LogP contribution in [0.4, 0.5) is 11.5 Å². The van der Waals surface area contributed by atoms with Crippen molar-refractivity contribution in [2.24, 2.45) is 5.92 Å². The minimum absolute atomic E-state index is 0.00417. The Bertz CT molecular complexity index is 1010. The molecule has 3 aliphatic rings. The fourth-order valence-corrected chi connectivity index (χ4v) is 5.07. The average molecular weight is 427 g/mol. The molecule has 7 nitrogen and oxygen atoms in total. The van der Waals surface area contributed by atoms with Gasteiger partial charge in [-0.15, -0.1) is 0 Å². The average Bonchev–Trinajstić information content (AvgIpc) is 3.27. The van der Waals surface area contributed by atoms with E-state index in [0.29, 0.717) is 18.1 Å². The smallest absolute Gasteiger partial charge is 0.228 e. The van der Waals surface area contributed by atoms with Gasteiger partial charge < -0.3 is 14.7 Å². The van der Waals surface area contributed by atoms with Crippen LogP contribution in [0.1, 0.15) is 48.6 Å². The van der Waals surface area contributed by atoms with Gasteiger partial charge in [0.2, 0.25) is 5.91 Å². The zero-order chi connectivity index (χ0) is 21.0. The number of aryl methyl sites for hydroxylation is 2. The Balaban J connectivity index is 1.35. The summed E-state index contributed by atoms with van der Waals surface area (Å²) in [7, 11) is 0. The molecule has 1 amide bonds. The Morgan fingerprint density at radius 2 is 1.97 bits per heavy atom. The standard InChI is InChI=1S/C22H27ClN6O/c1-13-9-19(17(23)10-24-13)28-8-5-16(11-28)22(30)29-12-18-20(14(29)2)21(26-15(3)25-18)27-6-4-7-27/h9-10,14,16H,4-8,11-12H2,1-3H3/t14-,16-/m1/s1. The van der Waals surface area contributed by atoms with Gasteiger partial charge in [-0.3, -0.25) is 9.78 Å². The van der Waals surface area contributed by atoms with Gasteiger partial charge in [0.05, 0.1) is 34.9 Å². The number of halogens is 1. The van der Waals surface area contributed by atoms with Crippen molar-refractivity contribution in [1.29, 1.82) is 0 Å². The van der Waals surface area contributed by atoms with Crippen molar-refractivity contribution in [3.8, 4) is 0 Å². The van der Waals surface area contributed by atoms with Crippen LogP contribution >= 0.6 is 11.6 Å². The molecule has 3 aliphatic heterocycles. The summed E-state index contributed by atoms with van der Waals surface area (Å²) in [6.45, 7) is 10.2. The van der Waals surface area contributed by atoms with Gasteiger partial charge >= 0.3 is 0 Å². The largest absolute Gasteiger partial charge is 0.369 e. The second-order valence-electron chi connectivity index (χ2n) is 8.65. The molecule has 0 N–H and O–H groups in total. The summed E-state index contributed by atoms with van der Waals surface area (Å²) in [6, 6.07) is 2.01. The lowest BCUT2D eigenvalue weighted by Gasteiger charge is -2.34. The zero-order valence-electron chi connectivity index (χ0n) is 17.7. The molecule has 2 aromatic heterocycles. The highest BCUT2D eigenvalue weighted by Gasteiger charge is 2.40. The summed E-state index contributed by atoms with van der Waals surface area (Å²) in [6.07, 6.45) is 3.72. The van der Waals surface area contributed by atoms with E-state index in [0.717, 1.165) is 60.3 Å². The van der Waals surface area contributed by atoms with Gasteiger partial charge in [-0.05, 0) is 39.7 Å². The Hall–Kier alpha value is -2.41. The number of fused-ring (bicyclic) bond motifs is 1. The molecule has 8 heteroatoms. The summed E-state index contributed by atoms with van der Waals surface area (Å²) in [5.41, 5.74) is 4.04. The quantitative estimate of drug-likeness (QED) is 0.750. The first-order valence-corrected chi connectivity index (χ1v) is 11.1. The Labute approximate surface area is 182 Å². The van der Waals surface area contributed by atoms with Gasteiger partial charge in [-0.1, -0.05) is 11.6 Å². The van der Waals surface area contributed by atoms with E-state index in [1.807, 2.05) is 24.8 Å². The second kappa shape index (κ2) is 7.38. The first kappa shape index (κ1) is 19.5. The van der Waals surface area contributed by atoms with Crippen molar-refractivity contribution >= 4 is 29.0 Å². The van der Waals surface area contributed by atoms with Gasteiger partial charge in [0.25, 0.3) is 0 Å². The van der Waals surface area contributed by atoms with Crippen molar-refractivity contribution in [3.05, 3.63) is 40.1 Å². The number of anilines is 2. The van der Waals surface area contributed by atoms with E-state index in [4.69, 9.17) is 16.6 Å². The monoisotopic (exact) mass is 426 g/mol. The van der Waals surface area contributed by atoms with Crippen LogP contribution in [-0.4, -0.2) is 51.9 Å². The van der Waals surface area contributed by atoms with E-state index in [1.54, 1.807) is 6.20 Å². The number of carbonyl (C=O) groups excluding carboxylic acids is 1. The lowest BCUT2D eigenvalue weighted by atomic mass is 10.1. The Kier molecular flexibility index (Phi) is 4.81. The molecule has 5 heterocycles. The molecular weight excluding hydrogens is 400 g/mol. The fourth-order valence-electron chi connectivity index (χ4n) is 4.85. The molecule has 0 radical (unpaired) electrons. The van der Waals surface area contributed by atoms with E-state index < -0.39 is 0 Å². The molecule has 30 heavy (non-hydrogen) atoms. The maximum absolute atomic E-state index is 13.5. The molecule has 0 bridgehead atoms. The van der Waals surface area contributed by atoms with Crippen LogP contribution in [0.2, 0.25) is 5.02 Å². The molecule has 0 saturated carbocycles. The normalized spacial score (nSPS) is 23.0. The van der Waals surface area contributed by atoms with E-state index >= 15 is 0 Å². The number of aromatic nitrogens is 3. The molecule has 2 aromatic rings.